The minimum absolute atomic E-state index is 0.278. The lowest BCUT2D eigenvalue weighted by Gasteiger charge is -2.14. The van der Waals surface area contributed by atoms with Crippen LogP contribution in [0.15, 0.2) is 83.3 Å². The quantitative estimate of drug-likeness (QED) is 0.549. The van der Waals surface area contributed by atoms with Crippen LogP contribution in [0.25, 0.3) is 0 Å². The highest BCUT2D eigenvalue weighted by molar-refractivity contribution is 9.10. The molecular weight excluding hydrogens is 466 g/mol. The molecule has 1 saturated heterocycles. The van der Waals surface area contributed by atoms with Crippen LogP contribution in [0.3, 0.4) is 0 Å². The fraction of sp³-hybridized carbons (Fsp3) is 0.0870. The van der Waals surface area contributed by atoms with E-state index in [1.54, 1.807) is 28.9 Å². The predicted molar refractivity (Wildman–Crippen MR) is 120 cm³/mol. The molecule has 2 amide bonds. The maximum absolute atomic E-state index is 12.8. The summed E-state index contributed by atoms with van der Waals surface area (Å²) in [7, 11) is 0. The zero-order chi connectivity index (χ0) is 21.1. The predicted octanol–water partition coefficient (Wildman–Crippen LogP) is 4.12. The summed E-state index contributed by atoms with van der Waals surface area (Å²) in [6, 6.07) is 22.8. The number of carbonyl (C=O) groups excluding carboxylic acids is 2. The largest absolute Gasteiger partial charge is 0.334 e. The van der Waals surface area contributed by atoms with E-state index in [4.69, 9.17) is 11.6 Å². The molecular formula is C23H18BrClN3O2+. The van der Waals surface area contributed by atoms with Crippen LogP contribution in [0.4, 0.5) is 0 Å². The molecule has 0 spiro atoms. The number of hydrogen-bond donors (Lipinski definition) is 2. The van der Waals surface area contributed by atoms with Gasteiger partial charge in [-0.2, -0.15) is 0 Å². The highest BCUT2D eigenvalue weighted by Gasteiger charge is 2.47. The van der Waals surface area contributed by atoms with Gasteiger partial charge >= 0.3 is 5.91 Å². The molecule has 30 heavy (non-hydrogen) atoms. The van der Waals surface area contributed by atoms with E-state index in [0.717, 1.165) is 15.6 Å². The van der Waals surface area contributed by atoms with E-state index in [1.807, 2.05) is 60.8 Å². The Hall–Kier alpha value is -2.96. The van der Waals surface area contributed by atoms with Crippen molar-refractivity contribution in [1.29, 1.82) is 0 Å². The Morgan fingerprint density at radius 1 is 1.00 bits per heavy atom. The van der Waals surface area contributed by atoms with Crippen molar-refractivity contribution in [1.82, 2.24) is 10.7 Å². The van der Waals surface area contributed by atoms with Crippen LogP contribution in [0, 0.1) is 0 Å². The molecule has 1 aliphatic rings. The molecule has 5 nitrogen and oxygen atoms in total. The first-order chi connectivity index (χ1) is 14.5. The third-order valence-electron chi connectivity index (χ3n) is 4.83. The van der Waals surface area contributed by atoms with Gasteiger partial charge in [-0.05, 0) is 48.5 Å². The highest BCUT2D eigenvalue weighted by atomic mass is 79.9. The first-order valence-electron chi connectivity index (χ1n) is 9.32. The molecule has 3 aromatic carbocycles. The standard InChI is InChI=1S/C23H17BrClN3O2/c24-18-10-6-15(7-11-18)14-28-21(16-4-2-1-3-5-16)20(23(30)27-28)26-22(29)17-8-12-19(25)13-9-17/h1-14,20-21H,(H-,26,27,29,30)/p+1/b28-14-/t20-,21-/m0/s1. The fourth-order valence-electron chi connectivity index (χ4n) is 3.37. The van der Waals surface area contributed by atoms with Gasteiger partial charge in [-0.15, -0.1) is 10.1 Å². The van der Waals surface area contributed by atoms with Crippen molar-refractivity contribution in [3.8, 4) is 0 Å². The Bertz CT molecular complexity index is 1100. The third-order valence-corrected chi connectivity index (χ3v) is 5.61. The Morgan fingerprint density at radius 3 is 2.33 bits per heavy atom. The molecule has 4 rings (SSSR count). The smallest absolute Gasteiger partial charge is 0.304 e. The number of nitrogens with zero attached hydrogens (tertiary/aromatic N) is 1. The molecule has 150 valence electrons. The van der Waals surface area contributed by atoms with Crippen molar-refractivity contribution in [3.05, 3.63) is 105 Å². The zero-order valence-corrected chi connectivity index (χ0v) is 18.1. The number of rotatable bonds is 4. The number of nitrogens with one attached hydrogen (secondary N) is 2. The van der Waals surface area contributed by atoms with E-state index >= 15 is 0 Å². The Kier molecular flexibility index (Phi) is 5.97. The van der Waals surface area contributed by atoms with E-state index in [9.17, 15) is 9.59 Å². The molecule has 0 aliphatic carbocycles. The van der Waals surface area contributed by atoms with Crippen molar-refractivity contribution in [2.24, 2.45) is 0 Å². The molecule has 1 heterocycles. The molecule has 0 aromatic heterocycles. The number of hydrogen-bond acceptors (Lipinski definition) is 2. The monoisotopic (exact) mass is 482 g/mol. The van der Waals surface area contributed by atoms with Crippen LogP contribution in [-0.4, -0.2) is 28.8 Å². The summed E-state index contributed by atoms with van der Waals surface area (Å²) in [4.78, 5) is 25.6. The SMILES string of the molecule is O=C(N[C@@H]1C(=O)N/[N+](=C\c2ccc(Br)cc2)[C@H]1c1ccccc1)c1ccc(Cl)cc1. The van der Waals surface area contributed by atoms with E-state index in [2.05, 4.69) is 26.7 Å². The lowest BCUT2D eigenvalue weighted by Crippen LogP contribution is -2.42. The van der Waals surface area contributed by atoms with Crippen LogP contribution in [-0.2, 0) is 4.79 Å². The molecule has 0 saturated carbocycles. The molecule has 1 fully saturated rings. The van der Waals surface area contributed by atoms with Crippen molar-refractivity contribution in [2.75, 3.05) is 0 Å². The minimum atomic E-state index is -0.762. The van der Waals surface area contributed by atoms with Gasteiger partial charge in [-0.25, -0.2) is 0 Å². The molecule has 3 aromatic rings. The van der Waals surface area contributed by atoms with Gasteiger partial charge in [-0.1, -0.05) is 57.9 Å². The average molecular weight is 484 g/mol. The van der Waals surface area contributed by atoms with Gasteiger partial charge in [0.25, 0.3) is 5.91 Å². The second kappa shape index (κ2) is 8.81. The number of benzene rings is 3. The Balaban J connectivity index is 1.68. The van der Waals surface area contributed by atoms with Gasteiger partial charge in [0, 0.05) is 26.2 Å². The van der Waals surface area contributed by atoms with Crippen molar-refractivity contribution in [3.63, 3.8) is 0 Å². The second-order valence-electron chi connectivity index (χ2n) is 6.88. The van der Waals surface area contributed by atoms with Gasteiger partial charge in [0.2, 0.25) is 12.3 Å². The van der Waals surface area contributed by atoms with Crippen LogP contribution in [0.2, 0.25) is 5.02 Å². The number of hydrazine groups is 1. The lowest BCUT2D eigenvalue weighted by molar-refractivity contribution is -0.596. The van der Waals surface area contributed by atoms with Gasteiger partial charge in [0.05, 0.1) is 0 Å². The molecule has 0 bridgehead atoms. The zero-order valence-electron chi connectivity index (χ0n) is 15.8. The van der Waals surface area contributed by atoms with Gasteiger partial charge in [0.1, 0.15) is 0 Å². The van der Waals surface area contributed by atoms with Crippen molar-refractivity contribution >= 4 is 45.6 Å². The first-order valence-corrected chi connectivity index (χ1v) is 10.5. The Morgan fingerprint density at radius 2 is 1.67 bits per heavy atom. The summed E-state index contributed by atoms with van der Waals surface area (Å²) in [6.45, 7) is 0. The van der Waals surface area contributed by atoms with E-state index in [1.165, 1.54) is 0 Å². The number of amides is 2. The molecule has 1 aliphatic heterocycles. The van der Waals surface area contributed by atoms with E-state index in [0.29, 0.717) is 10.6 Å². The average Bonchev–Trinajstić information content (AvgIpc) is 3.05. The van der Waals surface area contributed by atoms with Gasteiger partial charge < -0.3 is 5.32 Å². The minimum Gasteiger partial charge on any atom is -0.334 e. The maximum atomic E-state index is 12.8. The molecule has 0 radical (unpaired) electrons. The highest BCUT2D eigenvalue weighted by Crippen LogP contribution is 2.25. The third kappa shape index (κ3) is 4.45. The number of carbonyl (C=O) groups is 2. The van der Waals surface area contributed by atoms with Crippen molar-refractivity contribution in [2.45, 2.75) is 12.1 Å². The van der Waals surface area contributed by atoms with Crippen LogP contribution >= 0.6 is 27.5 Å². The summed E-state index contributed by atoms with van der Waals surface area (Å²) < 4.78 is 2.71. The first kappa shape index (κ1) is 20.3. The number of hydrazone groups is 1. The van der Waals surface area contributed by atoms with E-state index in [-0.39, 0.29) is 11.8 Å². The fourth-order valence-corrected chi connectivity index (χ4v) is 3.76. The van der Waals surface area contributed by atoms with Crippen LogP contribution in [0.5, 0.6) is 0 Å². The summed E-state index contributed by atoms with van der Waals surface area (Å²) in [6.07, 6.45) is 1.86. The molecule has 2 atom stereocenters. The summed E-state index contributed by atoms with van der Waals surface area (Å²) in [5.41, 5.74) is 5.14. The van der Waals surface area contributed by atoms with E-state index < -0.39 is 12.1 Å². The van der Waals surface area contributed by atoms with Crippen LogP contribution < -0.4 is 10.7 Å². The normalized spacial score (nSPS) is 19.5. The molecule has 7 heteroatoms. The lowest BCUT2D eigenvalue weighted by atomic mass is 10.00. The maximum Gasteiger partial charge on any atom is 0.304 e. The molecule has 0 unspecified atom stereocenters. The van der Waals surface area contributed by atoms with Crippen molar-refractivity contribution < 1.29 is 14.3 Å². The Labute approximate surface area is 187 Å². The summed E-state index contributed by atoms with van der Waals surface area (Å²) >= 11 is 9.34. The summed E-state index contributed by atoms with van der Waals surface area (Å²) in [5, 5.41) is 3.42. The number of halogens is 2. The summed E-state index contributed by atoms with van der Waals surface area (Å²) in [5.74, 6) is -0.613. The second-order valence-corrected chi connectivity index (χ2v) is 8.23. The van der Waals surface area contributed by atoms with Crippen LogP contribution in [0.1, 0.15) is 27.5 Å². The van der Waals surface area contributed by atoms with Gasteiger partial charge in [0.15, 0.2) is 6.04 Å². The topological polar surface area (TPSA) is 61.2 Å². The van der Waals surface area contributed by atoms with Gasteiger partial charge in [-0.3, -0.25) is 9.59 Å². The molecule has 2 N–H and O–H groups in total.